The smallest absolute Gasteiger partial charge is 0.338 e. The van der Waals surface area contributed by atoms with E-state index in [4.69, 9.17) is 10.8 Å². The Bertz CT molecular complexity index is 475. The van der Waals surface area contributed by atoms with E-state index in [1.54, 1.807) is 0 Å². The van der Waals surface area contributed by atoms with Crippen molar-refractivity contribution >= 4 is 17.6 Å². The number of carbonyl (C=O) groups is 2. The summed E-state index contributed by atoms with van der Waals surface area (Å²) < 4.78 is 26.2. The van der Waals surface area contributed by atoms with Gasteiger partial charge in [-0.15, -0.1) is 0 Å². The molecule has 1 rings (SSSR count). The largest absolute Gasteiger partial charge is 0.478 e. The van der Waals surface area contributed by atoms with Crippen molar-refractivity contribution in [3.8, 4) is 0 Å². The second kappa shape index (κ2) is 4.88. The average Bonchev–Trinajstić information content (AvgIpc) is 2.21. The first-order chi connectivity index (χ1) is 7.82. The van der Waals surface area contributed by atoms with E-state index >= 15 is 0 Å². The highest BCUT2D eigenvalue weighted by Gasteiger charge is 2.17. The van der Waals surface area contributed by atoms with Gasteiger partial charge >= 0.3 is 5.97 Å². The number of amides is 1. The number of carbonyl (C=O) groups excluding carboxylic acids is 1. The molecule has 0 aliphatic carbocycles. The highest BCUT2D eigenvalue weighted by molar-refractivity contribution is 5.96. The number of aromatic carboxylic acids is 1. The Hall–Kier alpha value is -2.02. The molecule has 0 aliphatic rings. The van der Waals surface area contributed by atoms with Gasteiger partial charge in [-0.1, -0.05) is 0 Å². The van der Waals surface area contributed by atoms with Crippen LogP contribution in [0.25, 0.3) is 0 Å². The zero-order chi connectivity index (χ0) is 13.2. The molecular formula is C10H10F2N2O3. The summed E-state index contributed by atoms with van der Waals surface area (Å²) in [4.78, 5) is 21.8. The molecule has 1 amide bonds. The molecule has 4 N–H and O–H groups in total. The van der Waals surface area contributed by atoms with Gasteiger partial charge in [0.2, 0.25) is 5.91 Å². The summed E-state index contributed by atoms with van der Waals surface area (Å²) in [6.07, 6.45) is 0. The second-order valence-corrected chi connectivity index (χ2v) is 3.39. The zero-order valence-electron chi connectivity index (χ0n) is 8.83. The lowest BCUT2D eigenvalue weighted by atomic mass is 10.1. The summed E-state index contributed by atoms with van der Waals surface area (Å²) in [7, 11) is 0. The Morgan fingerprint density at radius 2 is 1.94 bits per heavy atom. The molecule has 0 bridgehead atoms. The Kier molecular flexibility index (Phi) is 3.74. The number of halogens is 2. The monoisotopic (exact) mass is 244 g/mol. The fraction of sp³-hybridized carbons (Fsp3) is 0.200. The molecule has 1 unspecified atom stereocenters. The van der Waals surface area contributed by atoms with E-state index in [-0.39, 0.29) is 0 Å². The number of carboxylic acids is 1. The molecule has 5 nitrogen and oxygen atoms in total. The standard InChI is InChI=1S/C10H10F2N2O3/c1-4(13)9(15)14-8-2-5(10(16)17)6(11)3-7(8)12/h2-4H,13H2,1H3,(H,14,15)(H,16,17). The van der Waals surface area contributed by atoms with Gasteiger partial charge in [-0.3, -0.25) is 4.79 Å². The Morgan fingerprint density at radius 1 is 1.35 bits per heavy atom. The van der Waals surface area contributed by atoms with Gasteiger partial charge in [0.25, 0.3) is 0 Å². The molecular weight excluding hydrogens is 234 g/mol. The van der Waals surface area contributed by atoms with E-state index < -0.39 is 40.8 Å². The maximum absolute atomic E-state index is 13.2. The van der Waals surface area contributed by atoms with Crippen LogP contribution in [0.4, 0.5) is 14.5 Å². The molecule has 0 aromatic heterocycles. The molecule has 1 atom stereocenters. The topological polar surface area (TPSA) is 92.4 Å². The lowest BCUT2D eigenvalue weighted by Gasteiger charge is -2.09. The molecule has 17 heavy (non-hydrogen) atoms. The van der Waals surface area contributed by atoms with E-state index in [1.165, 1.54) is 6.92 Å². The highest BCUT2D eigenvalue weighted by atomic mass is 19.1. The van der Waals surface area contributed by atoms with Crippen LogP contribution in [0.1, 0.15) is 17.3 Å². The Labute approximate surface area is 95.2 Å². The molecule has 0 aliphatic heterocycles. The number of nitrogens with one attached hydrogen (secondary N) is 1. The molecule has 0 heterocycles. The Morgan fingerprint density at radius 3 is 2.41 bits per heavy atom. The number of hydrogen-bond donors (Lipinski definition) is 3. The molecule has 0 radical (unpaired) electrons. The van der Waals surface area contributed by atoms with Crippen molar-refractivity contribution in [1.82, 2.24) is 0 Å². The number of rotatable bonds is 3. The van der Waals surface area contributed by atoms with Crippen LogP contribution in [0.2, 0.25) is 0 Å². The average molecular weight is 244 g/mol. The highest BCUT2D eigenvalue weighted by Crippen LogP contribution is 2.19. The van der Waals surface area contributed by atoms with E-state index in [9.17, 15) is 18.4 Å². The van der Waals surface area contributed by atoms with Crippen LogP contribution in [0.5, 0.6) is 0 Å². The fourth-order valence-electron chi connectivity index (χ4n) is 1.06. The van der Waals surface area contributed by atoms with Crippen molar-refractivity contribution in [3.05, 3.63) is 29.3 Å². The van der Waals surface area contributed by atoms with Gasteiger partial charge < -0.3 is 16.2 Å². The summed E-state index contributed by atoms with van der Waals surface area (Å²) in [5.74, 6) is -4.54. The summed E-state index contributed by atoms with van der Waals surface area (Å²) in [5.41, 5.74) is 4.08. The zero-order valence-corrected chi connectivity index (χ0v) is 8.83. The normalized spacial score (nSPS) is 12.0. The molecule has 0 spiro atoms. The van der Waals surface area contributed by atoms with Crippen LogP contribution >= 0.6 is 0 Å². The minimum Gasteiger partial charge on any atom is -0.478 e. The van der Waals surface area contributed by atoms with Gasteiger partial charge in [-0.05, 0) is 13.0 Å². The maximum Gasteiger partial charge on any atom is 0.338 e. The molecule has 0 saturated carbocycles. The van der Waals surface area contributed by atoms with Gasteiger partial charge in [0, 0.05) is 6.07 Å². The van der Waals surface area contributed by atoms with Crippen LogP contribution in [0, 0.1) is 11.6 Å². The Balaban J connectivity index is 3.12. The fourth-order valence-corrected chi connectivity index (χ4v) is 1.06. The molecule has 1 aromatic rings. The van der Waals surface area contributed by atoms with Crippen LogP contribution in [0.15, 0.2) is 12.1 Å². The molecule has 0 saturated heterocycles. The minimum atomic E-state index is -1.56. The van der Waals surface area contributed by atoms with Crippen LogP contribution in [0.3, 0.4) is 0 Å². The molecule has 1 aromatic carbocycles. The molecule has 7 heteroatoms. The number of nitrogens with two attached hydrogens (primary N) is 1. The summed E-state index contributed by atoms with van der Waals surface area (Å²) >= 11 is 0. The number of anilines is 1. The number of carboxylic acid groups (broad SMARTS) is 1. The summed E-state index contributed by atoms with van der Waals surface area (Å²) in [6.45, 7) is 1.37. The first-order valence-electron chi connectivity index (χ1n) is 4.61. The first kappa shape index (κ1) is 13.0. The minimum absolute atomic E-state index is 0.389. The quantitative estimate of drug-likeness (QED) is 0.738. The van der Waals surface area contributed by atoms with Crippen LogP contribution in [-0.2, 0) is 4.79 Å². The molecule has 92 valence electrons. The number of hydrogen-bond acceptors (Lipinski definition) is 3. The number of benzene rings is 1. The summed E-state index contributed by atoms with van der Waals surface area (Å²) in [5, 5.41) is 10.7. The lowest BCUT2D eigenvalue weighted by molar-refractivity contribution is -0.117. The predicted molar refractivity (Wildman–Crippen MR) is 55.6 cm³/mol. The van der Waals surface area contributed by atoms with Crippen LogP contribution < -0.4 is 11.1 Å². The van der Waals surface area contributed by atoms with E-state index in [0.717, 1.165) is 0 Å². The van der Waals surface area contributed by atoms with Gasteiger partial charge in [0.05, 0.1) is 17.3 Å². The van der Waals surface area contributed by atoms with Gasteiger partial charge in [-0.25, -0.2) is 13.6 Å². The third kappa shape index (κ3) is 2.97. The lowest BCUT2D eigenvalue weighted by Crippen LogP contribution is -2.32. The van der Waals surface area contributed by atoms with E-state index in [2.05, 4.69) is 5.32 Å². The van der Waals surface area contributed by atoms with Crippen molar-refractivity contribution in [2.75, 3.05) is 5.32 Å². The van der Waals surface area contributed by atoms with Gasteiger partial charge in [0.15, 0.2) is 0 Å². The second-order valence-electron chi connectivity index (χ2n) is 3.39. The van der Waals surface area contributed by atoms with Crippen molar-refractivity contribution in [2.45, 2.75) is 13.0 Å². The first-order valence-corrected chi connectivity index (χ1v) is 4.61. The van der Waals surface area contributed by atoms with Crippen LogP contribution in [-0.4, -0.2) is 23.0 Å². The van der Waals surface area contributed by atoms with Gasteiger partial charge in [-0.2, -0.15) is 0 Å². The third-order valence-corrected chi connectivity index (χ3v) is 1.96. The van der Waals surface area contributed by atoms with Crippen molar-refractivity contribution in [2.24, 2.45) is 5.73 Å². The summed E-state index contributed by atoms with van der Waals surface area (Å²) in [6, 6.07) is 0.195. The van der Waals surface area contributed by atoms with Crippen molar-refractivity contribution in [3.63, 3.8) is 0 Å². The van der Waals surface area contributed by atoms with E-state index in [0.29, 0.717) is 12.1 Å². The SMILES string of the molecule is CC(N)C(=O)Nc1cc(C(=O)O)c(F)cc1F. The third-order valence-electron chi connectivity index (χ3n) is 1.96. The molecule has 0 fully saturated rings. The van der Waals surface area contributed by atoms with Crippen molar-refractivity contribution < 1.29 is 23.5 Å². The predicted octanol–water partition coefficient (Wildman–Crippen LogP) is 0.949. The van der Waals surface area contributed by atoms with E-state index in [1.807, 2.05) is 0 Å². The van der Waals surface area contributed by atoms with Crippen molar-refractivity contribution in [1.29, 1.82) is 0 Å². The van der Waals surface area contributed by atoms with Gasteiger partial charge in [0.1, 0.15) is 11.6 Å². The maximum atomic E-state index is 13.2.